The number of amides is 1. The zero-order chi connectivity index (χ0) is 24.9. The van der Waals surface area contributed by atoms with Crippen LogP contribution >= 0.6 is 11.6 Å². The number of rotatable bonds is 6. The lowest BCUT2D eigenvalue weighted by molar-refractivity contribution is 0.102. The summed E-state index contributed by atoms with van der Waals surface area (Å²) in [6, 6.07) is 32.7. The van der Waals surface area contributed by atoms with Crippen molar-refractivity contribution in [2.24, 2.45) is 0 Å². The Kier molecular flexibility index (Phi) is 6.60. The number of para-hydroxylation sites is 1. The van der Waals surface area contributed by atoms with Gasteiger partial charge >= 0.3 is 0 Å². The van der Waals surface area contributed by atoms with E-state index in [1.165, 1.54) is 0 Å². The number of halogens is 1. The van der Waals surface area contributed by atoms with Crippen LogP contribution in [0.15, 0.2) is 114 Å². The molecular weight excluding hydrogens is 474 g/mol. The minimum atomic E-state index is -0.616. The number of anilines is 1. The number of aromatic amines is 1. The van der Waals surface area contributed by atoms with Crippen LogP contribution in [0.25, 0.3) is 22.4 Å². The van der Waals surface area contributed by atoms with Gasteiger partial charge in [-0.1, -0.05) is 90.5 Å². The van der Waals surface area contributed by atoms with Crippen LogP contribution in [0.2, 0.25) is 5.02 Å². The number of nitrogens with one attached hydrogen (secondary N) is 2. The van der Waals surface area contributed by atoms with Gasteiger partial charge in [-0.05, 0) is 35.9 Å². The number of benzene rings is 4. The highest BCUT2D eigenvalue weighted by Crippen LogP contribution is 2.35. The Bertz CT molecular complexity index is 1570. The van der Waals surface area contributed by atoms with E-state index >= 15 is 0 Å². The van der Waals surface area contributed by atoms with Gasteiger partial charge in [0.1, 0.15) is 11.3 Å². The van der Waals surface area contributed by atoms with E-state index in [9.17, 15) is 9.59 Å². The van der Waals surface area contributed by atoms with Crippen molar-refractivity contribution in [1.82, 2.24) is 10.2 Å². The Hall–Kier alpha value is -4.68. The summed E-state index contributed by atoms with van der Waals surface area (Å²) in [6.45, 7) is 0. The van der Waals surface area contributed by atoms with Crippen LogP contribution in [0.4, 0.5) is 5.69 Å². The maximum absolute atomic E-state index is 13.7. The van der Waals surface area contributed by atoms with E-state index in [2.05, 4.69) is 15.5 Å². The zero-order valence-electron chi connectivity index (χ0n) is 18.9. The summed E-state index contributed by atoms with van der Waals surface area (Å²) in [7, 11) is 0. The highest BCUT2D eigenvalue weighted by molar-refractivity contribution is 6.31. The molecule has 0 atom stereocenters. The number of hydrogen-bond acceptors (Lipinski definition) is 4. The van der Waals surface area contributed by atoms with Gasteiger partial charge in [-0.2, -0.15) is 5.10 Å². The lowest BCUT2D eigenvalue weighted by atomic mass is 9.95. The van der Waals surface area contributed by atoms with Gasteiger partial charge in [0, 0.05) is 16.1 Å². The number of carbonyl (C=O) groups excluding carboxylic acids is 1. The Morgan fingerprint density at radius 2 is 1.42 bits per heavy atom. The third-order valence-electron chi connectivity index (χ3n) is 5.48. The van der Waals surface area contributed by atoms with Crippen molar-refractivity contribution in [2.45, 2.75) is 0 Å². The molecule has 5 rings (SSSR count). The highest BCUT2D eigenvalue weighted by atomic mass is 35.5. The van der Waals surface area contributed by atoms with Gasteiger partial charge in [-0.15, -0.1) is 0 Å². The van der Waals surface area contributed by atoms with E-state index in [0.29, 0.717) is 39.0 Å². The predicted octanol–water partition coefficient (Wildman–Crippen LogP) is 6.80. The van der Waals surface area contributed by atoms with Gasteiger partial charge in [0.15, 0.2) is 5.75 Å². The summed E-state index contributed by atoms with van der Waals surface area (Å²) in [5.74, 6) is 0.359. The Labute approximate surface area is 212 Å². The zero-order valence-corrected chi connectivity index (χ0v) is 19.7. The Balaban J connectivity index is 1.61. The van der Waals surface area contributed by atoms with Crippen molar-refractivity contribution < 1.29 is 9.53 Å². The van der Waals surface area contributed by atoms with Crippen molar-refractivity contribution >= 4 is 23.2 Å². The molecule has 1 amide bonds. The Morgan fingerprint density at radius 1 is 0.806 bits per heavy atom. The maximum atomic E-state index is 13.7. The fraction of sp³-hybridized carbons (Fsp3) is 0. The molecule has 0 saturated carbocycles. The smallest absolute Gasteiger partial charge is 0.277 e. The molecule has 0 aliphatic heterocycles. The normalized spacial score (nSPS) is 10.6. The van der Waals surface area contributed by atoms with Gasteiger partial charge in [0.25, 0.3) is 11.5 Å². The van der Waals surface area contributed by atoms with Gasteiger partial charge in [-0.25, -0.2) is 5.10 Å². The monoisotopic (exact) mass is 493 g/mol. The van der Waals surface area contributed by atoms with Gasteiger partial charge in [0.05, 0.1) is 11.4 Å². The molecule has 1 heterocycles. The number of H-pyrrole nitrogens is 1. The van der Waals surface area contributed by atoms with Gasteiger partial charge in [-0.3, -0.25) is 9.59 Å². The molecule has 0 saturated heterocycles. The molecule has 4 aromatic carbocycles. The first-order valence-corrected chi connectivity index (χ1v) is 11.6. The van der Waals surface area contributed by atoms with Crippen molar-refractivity contribution in [2.75, 3.05) is 5.32 Å². The minimum Gasteiger partial charge on any atom is -0.455 e. The van der Waals surface area contributed by atoms with Crippen LogP contribution in [0.5, 0.6) is 11.5 Å². The molecular formula is C29H20ClN3O3. The topological polar surface area (TPSA) is 84.1 Å². The average molecular weight is 494 g/mol. The molecule has 7 heteroatoms. The van der Waals surface area contributed by atoms with Gasteiger partial charge < -0.3 is 10.1 Å². The van der Waals surface area contributed by atoms with E-state index in [-0.39, 0.29) is 5.56 Å². The van der Waals surface area contributed by atoms with Crippen molar-refractivity contribution in [3.05, 3.63) is 130 Å². The van der Waals surface area contributed by atoms with Crippen LogP contribution in [-0.2, 0) is 0 Å². The molecule has 0 aliphatic carbocycles. The molecule has 5 aromatic rings. The molecule has 0 spiro atoms. The average Bonchev–Trinajstić information content (AvgIpc) is 2.91. The van der Waals surface area contributed by atoms with Crippen LogP contribution in [0.1, 0.15) is 10.4 Å². The summed E-state index contributed by atoms with van der Waals surface area (Å²) < 4.78 is 5.97. The molecule has 0 aliphatic rings. The number of nitrogens with zero attached hydrogens (tertiary/aromatic N) is 1. The minimum absolute atomic E-state index is 0.0688. The van der Waals surface area contributed by atoms with Crippen molar-refractivity contribution in [1.29, 1.82) is 0 Å². The summed E-state index contributed by atoms with van der Waals surface area (Å²) in [6.07, 6.45) is 0. The molecule has 176 valence electrons. The summed E-state index contributed by atoms with van der Waals surface area (Å²) in [5, 5.41) is 10.0. The number of carbonyl (C=O) groups is 1. The standard InChI is InChI=1S/C29H20ClN3O3/c30-21-16-17-24(36-22-14-8-3-9-15-22)23(18-21)31-28(34)26-25(19-10-4-1-5-11-19)27(32-33-29(26)35)20-12-6-2-7-13-20/h1-18H,(H,31,34)(H,33,35). The lowest BCUT2D eigenvalue weighted by Gasteiger charge is -2.16. The molecule has 1 aromatic heterocycles. The first-order valence-electron chi connectivity index (χ1n) is 11.2. The van der Waals surface area contributed by atoms with E-state index in [1.54, 1.807) is 30.3 Å². The highest BCUT2D eigenvalue weighted by Gasteiger charge is 2.24. The molecule has 0 bridgehead atoms. The SMILES string of the molecule is O=C(Nc1cc(Cl)ccc1Oc1ccccc1)c1c(-c2ccccc2)c(-c2ccccc2)n[nH]c1=O. The quantitative estimate of drug-likeness (QED) is 0.272. The van der Waals surface area contributed by atoms with Crippen LogP contribution in [0.3, 0.4) is 0 Å². The molecule has 0 fully saturated rings. The predicted molar refractivity (Wildman–Crippen MR) is 142 cm³/mol. The fourth-order valence-corrected chi connectivity index (χ4v) is 4.02. The molecule has 2 N–H and O–H groups in total. The van der Waals surface area contributed by atoms with Gasteiger partial charge in [0.2, 0.25) is 0 Å². The number of aromatic nitrogens is 2. The van der Waals surface area contributed by atoms with Crippen LogP contribution in [-0.4, -0.2) is 16.1 Å². The van der Waals surface area contributed by atoms with E-state index in [4.69, 9.17) is 16.3 Å². The summed E-state index contributed by atoms with van der Waals surface area (Å²) in [5.41, 5.74) is 2.01. The van der Waals surface area contributed by atoms with E-state index < -0.39 is 11.5 Å². The lowest BCUT2D eigenvalue weighted by Crippen LogP contribution is -2.26. The largest absolute Gasteiger partial charge is 0.455 e. The third-order valence-corrected chi connectivity index (χ3v) is 5.72. The molecule has 0 unspecified atom stereocenters. The first-order chi connectivity index (χ1) is 17.6. The third kappa shape index (κ3) is 4.89. The van der Waals surface area contributed by atoms with Crippen molar-refractivity contribution in [3.63, 3.8) is 0 Å². The second-order valence-corrected chi connectivity index (χ2v) is 8.33. The van der Waals surface area contributed by atoms with E-state index in [1.807, 2.05) is 78.9 Å². The van der Waals surface area contributed by atoms with E-state index in [0.717, 1.165) is 5.56 Å². The van der Waals surface area contributed by atoms with Crippen molar-refractivity contribution in [3.8, 4) is 33.9 Å². The summed E-state index contributed by atoms with van der Waals surface area (Å²) >= 11 is 6.23. The number of ether oxygens (including phenoxy) is 1. The second kappa shape index (κ2) is 10.3. The molecule has 6 nitrogen and oxygen atoms in total. The Morgan fingerprint density at radius 3 is 2.08 bits per heavy atom. The maximum Gasteiger partial charge on any atom is 0.277 e. The van der Waals surface area contributed by atoms with Crippen LogP contribution < -0.4 is 15.6 Å². The van der Waals surface area contributed by atoms with Crippen LogP contribution in [0, 0.1) is 0 Å². The second-order valence-electron chi connectivity index (χ2n) is 7.89. The fourth-order valence-electron chi connectivity index (χ4n) is 3.85. The summed E-state index contributed by atoms with van der Waals surface area (Å²) in [4.78, 5) is 26.7. The number of hydrogen-bond donors (Lipinski definition) is 2. The molecule has 36 heavy (non-hydrogen) atoms. The molecule has 0 radical (unpaired) electrons. The first kappa shape index (κ1) is 23.1.